The molecule has 0 radical (unpaired) electrons. The molecule has 3 rings (SSSR count). The van der Waals surface area contributed by atoms with Crippen molar-refractivity contribution in [2.45, 2.75) is 19.0 Å². The number of dihydropyridines is 1. The minimum absolute atomic E-state index is 0.0298. The fourth-order valence-electron chi connectivity index (χ4n) is 3.37. The summed E-state index contributed by atoms with van der Waals surface area (Å²) >= 11 is 12.7. The molecule has 2 heterocycles. The van der Waals surface area contributed by atoms with Crippen molar-refractivity contribution in [3.8, 4) is 0 Å². The first-order chi connectivity index (χ1) is 15.2. The predicted octanol–water partition coefficient (Wildman–Crippen LogP) is 1.60. The molecule has 6 N–H and O–H groups in total. The standard InChI is InChI=1S/C21H21Cl2N5O4/c22-14-7-11-10-28(20(30)15(25)8-12-3-1-2-5-26-12)6-4-13(11)18(23)17(14)19(29)27-16(9-24)21(31)32/h1-3,5,7-8,16,25-26H,4,6,9-10,24H2,(H,27,29)(H,31,32)/b12-8-,25-15?/t16-/m0/s1. The Morgan fingerprint density at radius 1 is 1.34 bits per heavy atom. The van der Waals surface area contributed by atoms with E-state index in [9.17, 15) is 14.4 Å². The molecule has 2 aliphatic heterocycles. The number of nitrogens with one attached hydrogen (secondary N) is 3. The van der Waals surface area contributed by atoms with Gasteiger partial charge in [0.25, 0.3) is 11.8 Å². The third kappa shape index (κ3) is 5.01. The number of amides is 2. The van der Waals surface area contributed by atoms with Gasteiger partial charge in [0, 0.05) is 31.5 Å². The molecule has 2 amide bonds. The summed E-state index contributed by atoms with van der Waals surface area (Å²) < 4.78 is 0. The Morgan fingerprint density at radius 3 is 2.72 bits per heavy atom. The van der Waals surface area contributed by atoms with Crippen LogP contribution in [0.3, 0.4) is 0 Å². The van der Waals surface area contributed by atoms with Gasteiger partial charge in [-0.25, -0.2) is 4.79 Å². The van der Waals surface area contributed by atoms with E-state index in [4.69, 9.17) is 39.5 Å². The van der Waals surface area contributed by atoms with E-state index >= 15 is 0 Å². The lowest BCUT2D eigenvalue weighted by Crippen LogP contribution is -2.46. The van der Waals surface area contributed by atoms with Crippen molar-refractivity contribution < 1.29 is 19.5 Å². The Morgan fingerprint density at radius 2 is 2.09 bits per heavy atom. The summed E-state index contributed by atoms with van der Waals surface area (Å²) in [4.78, 5) is 38.0. The highest BCUT2D eigenvalue weighted by molar-refractivity contribution is 6.42. The Kier molecular flexibility index (Phi) is 7.34. The van der Waals surface area contributed by atoms with Crippen LogP contribution in [0.1, 0.15) is 21.5 Å². The molecular formula is C21H21Cl2N5O4. The summed E-state index contributed by atoms with van der Waals surface area (Å²) in [7, 11) is 0. The number of carboxylic acid groups (broad SMARTS) is 1. The largest absolute Gasteiger partial charge is 0.480 e. The lowest BCUT2D eigenvalue weighted by molar-refractivity contribution is -0.139. The monoisotopic (exact) mass is 477 g/mol. The van der Waals surface area contributed by atoms with Gasteiger partial charge in [-0.3, -0.25) is 15.0 Å². The molecular weight excluding hydrogens is 457 g/mol. The number of rotatable bonds is 6. The number of hydrogen-bond acceptors (Lipinski definition) is 6. The first kappa shape index (κ1) is 23.5. The van der Waals surface area contributed by atoms with Crippen molar-refractivity contribution in [3.05, 3.63) is 69.0 Å². The summed E-state index contributed by atoms with van der Waals surface area (Å²) in [5, 5.41) is 22.6. The summed E-state index contributed by atoms with van der Waals surface area (Å²) in [6, 6.07) is 0.260. The van der Waals surface area contributed by atoms with Gasteiger partial charge in [0.1, 0.15) is 11.8 Å². The molecule has 0 saturated carbocycles. The van der Waals surface area contributed by atoms with Crippen LogP contribution in [0.25, 0.3) is 0 Å². The van der Waals surface area contributed by atoms with E-state index in [0.717, 1.165) is 0 Å². The van der Waals surface area contributed by atoms with Gasteiger partial charge in [-0.2, -0.15) is 0 Å². The highest BCUT2D eigenvalue weighted by Crippen LogP contribution is 2.34. The molecule has 168 valence electrons. The van der Waals surface area contributed by atoms with Gasteiger partial charge in [0.15, 0.2) is 0 Å². The average Bonchev–Trinajstić information content (AvgIpc) is 2.76. The fraction of sp³-hybridized carbons (Fsp3) is 0.238. The van der Waals surface area contributed by atoms with Crippen LogP contribution in [-0.4, -0.2) is 52.6 Å². The highest BCUT2D eigenvalue weighted by Gasteiger charge is 2.29. The molecule has 2 aliphatic rings. The number of nitrogens with two attached hydrogens (primary N) is 1. The lowest BCUT2D eigenvalue weighted by atomic mass is 9.96. The molecule has 1 aromatic rings. The highest BCUT2D eigenvalue weighted by atomic mass is 35.5. The Balaban J connectivity index is 1.79. The number of nitrogens with zero attached hydrogens (tertiary/aromatic N) is 1. The van der Waals surface area contributed by atoms with Crippen molar-refractivity contribution in [2.75, 3.05) is 13.1 Å². The van der Waals surface area contributed by atoms with Gasteiger partial charge in [0.05, 0.1) is 15.6 Å². The van der Waals surface area contributed by atoms with Crippen LogP contribution in [-0.2, 0) is 22.6 Å². The fourth-order valence-corrected chi connectivity index (χ4v) is 4.13. The Bertz CT molecular complexity index is 1080. The smallest absolute Gasteiger partial charge is 0.327 e. The zero-order valence-electron chi connectivity index (χ0n) is 16.8. The maximum Gasteiger partial charge on any atom is 0.327 e. The zero-order chi connectivity index (χ0) is 23.4. The molecule has 1 aromatic carbocycles. The second-order valence-electron chi connectivity index (χ2n) is 7.14. The van der Waals surface area contributed by atoms with Crippen molar-refractivity contribution >= 4 is 46.7 Å². The maximum atomic E-state index is 12.7. The molecule has 0 aliphatic carbocycles. The quantitative estimate of drug-likeness (QED) is 0.392. The lowest BCUT2D eigenvalue weighted by Gasteiger charge is -2.30. The van der Waals surface area contributed by atoms with Crippen LogP contribution in [0.2, 0.25) is 10.0 Å². The Labute approximate surface area is 194 Å². The van der Waals surface area contributed by atoms with Crippen molar-refractivity contribution in [2.24, 2.45) is 5.73 Å². The van der Waals surface area contributed by atoms with E-state index < -0.39 is 23.8 Å². The maximum absolute atomic E-state index is 12.7. The van der Waals surface area contributed by atoms with E-state index in [1.54, 1.807) is 24.4 Å². The Hall–Kier alpha value is -3.14. The number of fused-ring (bicyclic) bond motifs is 1. The van der Waals surface area contributed by atoms with Gasteiger partial charge in [-0.15, -0.1) is 0 Å². The summed E-state index contributed by atoms with van der Waals surface area (Å²) in [5.74, 6) is -2.46. The minimum Gasteiger partial charge on any atom is -0.480 e. The van der Waals surface area contributed by atoms with E-state index in [1.807, 2.05) is 0 Å². The van der Waals surface area contributed by atoms with Gasteiger partial charge < -0.3 is 26.4 Å². The second kappa shape index (κ2) is 9.99. The predicted molar refractivity (Wildman–Crippen MR) is 121 cm³/mol. The number of benzene rings is 1. The molecule has 0 saturated heterocycles. The van der Waals surface area contributed by atoms with Crippen LogP contribution in [0, 0.1) is 5.41 Å². The zero-order valence-corrected chi connectivity index (χ0v) is 18.3. The first-order valence-electron chi connectivity index (χ1n) is 9.65. The van der Waals surface area contributed by atoms with Crippen LogP contribution in [0.4, 0.5) is 0 Å². The molecule has 0 unspecified atom stereocenters. The SMILES string of the molecule is N=C(/C=C1/C=CC=CN1)C(=O)N1CCc2c(cc(Cl)c(C(=O)N[C@@H](CN)C(=O)O)c2Cl)C1. The first-order valence-corrected chi connectivity index (χ1v) is 10.4. The molecule has 0 aromatic heterocycles. The van der Waals surface area contributed by atoms with Gasteiger partial charge >= 0.3 is 5.97 Å². The van der Waals surface area contributed by atoms with Crippen molar-refractivity contribution in [3.63, 3.8) is 0 Å². The average molecular weight is 478 g/mol. The molecule has 11 heteroatoms. The van der Waals surface area contributed by atoms with Crippen LogP contribution in [0.15, 0.2) is 42.3 Å². The second-order valence-corrected chi connectivity index (χ2v) is 7.92. The number of allylic oxidation sites excluding steroid dienone is 3. The number of carbonyl (C=O) groups excluding carboxylic acids is 2. The van der Waals surface area contributed by atoms with Crippen LogP contribution < -0.4 is 16.4 Å². The molecule has 32 heavy (non-hydrogen) atoms. The van der Waals surface area contributed by atoms with Gasteiger partial charge in [-0.05, 0) is 41.8 Å². The van der Waals surface area contributed by atoms with E-state index in [-0.39, 0.29) is 34.4 Å². The third-order valence-electron chi connectivity index (χ3n) is 5.02. The number of carbonyl (C=O) groups is 3. The molecule has 9 nitrogen and oxygen atoms in total. The van der Waals surface area contributed by atoms with Crippen LogP contribution >= 0.6 is 23.2 Å². The number of aliphatic carboxylic acids is 1. The molecule has 1 atom stereocenters. The van der Waals surface area contributed by atoms with E-state index in [0.29, 0.717) is 29.8 Å². The van der Waals surface area contributed by atoms with Crippen LogP contribution in [0.5, 0.6) is 0 Å². The van der Waals surface area contributed by atoms with E-state index in [1.165, 1.54) is 17.0 Å². The van der Waals surface area contributed by atoms with E-state index in [2.05, 4.69) is 10.6 Å². The number of halogens is 2. The topological polar surface area (TPSA) is 149 Å². The summed E-state index contributed by atoms with van der Waals surface area (Å²) in [6.45, 7) is 0.177. The third-order valence-corrected chi connectivity index (χ3v) is 5.74. The summed E-state index contributed by atoms with van der Waals surface area (Å²) in [5.41, 5.74) is 7.11. The van der Waals surface area contributed by atoms with Gasteiger partial charge in [0.2, 0.25) is 0 Å². The summed E-state index contributed by atoms with van der Waals surface area (Å²) in [6.07, 6.45) is 8.83. The van der Waals surface area contributed by atoms with Crippen molar-refractivity contribution in [1.82, 2.24) is 15.5 Å². The molecule has 0 fully saturated rings. The molecule has 0 bridgehead atoms. The normalized spacial score (nSPS) is 16.8. The molecule has 0 spiro atoms. The van der Waals surface area contributed by atoms with Crippen molar-refractivity contribution in [1.29, 1.82) is 5.41 Å². The number of carboxylic acids is 1. The minimum atomic E-state index is -1.28. The number of hydrogen-bond donors (Lipinski definition) is 5. The van der Waals surface area contributed by atoms with Gasteiger partial charge in [-0.1, -0.05) is 29.3 Å².